The molecule has 4 nitrogen and oxygen atoms in total. The van der Waals surface area contributed by atoms with E-state index >= 15 is 0 Å². The van der Waals surface area contributed by atoms with Gasteiger partial charge in [0, 0.05) is 12.1 Å². The van der Waals surface area contributed by atoms with Crippen molar-refractivity contribution in [3.8, 4) is 5.75 Å². The van der Waals surface area contributed by atoms with Crippen molar-refractivity contribution >= 4 is 5.91 Å². The van der Waals surface area contributed by atoms with Crippen LogP contribution in [0.5, 0.6) is 5.75 Å². The van der Waals surface area contributed by atoms with Gasteiger partial charge in [0.15, 0.2) is 0 Å². The summed E-state index contributed by atoms with van der Waals surface area (Å²) in [6, 6.07) is 14.8. The van der Waals surface area contributed by atoms with Crippen LogP contribution in [0.15, 0.2) is 48.5 Å². The molecule has 2 aromatic rings. The van der Waals surface area contributed by atoms with E-state index < -0.39 is 6.10 Å². The number of methoxy groups -OCH3 is 1. The van der Waals surface area contributed by atoms with Crippen molar-refractivity contribution in [1.29, 1.82) is 0 Å². The Hall–Kier alpha value is -2.33. The van der Waals surface area contributed by atoms with Crippen molar-refractivity contribution in [2.24, 2.45) is 0 Å². The van der Waals surface area contributed by atoms with Crippen LogP contribution < -0.4 is 10.1 Å². The second-order valence-corrected chi connectivity index (χ2v) is 5.45. The zero-order chi connectivity index (χ0) is 16.7. The van der Waals surface area contributed by atoms with Gasteiger partial charge >= 0.3 is 0 Å². The van der Waals surface area contributed by atoms with Gasteiger partial charge in [0.1, 0.15) is 5.75 Å². The minimum atomic E-state index is -0.770. The van der Waals surface area contributed by atoms with E-state index in [1.807, 2.05) is 36.4 Å². The minimum Gasteiger partial charge on any atom is -0.497 e. The van der Waals surface area contributed by atoms with Crippen molar-refractivity contribution in [2.75, 3.05) is 13.7 Å². The topological polar surface area (TPSA) is 58.6 Å². The zero-order valence-corrected chi connectivity index (χ0v) is 13.6. The summed E-state index contributed by atoms with van der Waals surface area (Å²) in [7, 11) is 1.58. The summed E-state index contributed by atoms with van der Waals surface area (Å²) in [5, 5.41) is 12.9. The van der Waals surface area contributed by atoms with Crippen LogP contribution in [0.2, 0.25) is 0 Å². The van der Waals surface area contributed by atoms with Crippen LogP contribution in [-0.4, -0.2) is 24.7 Å². The molecule has 0 aliphatic rings. The highest BCUT2D eigenvalue weighted by Crippen LogP contribution is 2.18. The van der Waals surface area contributed by atoms with E-state index in [1.165, 1.54) is 5.56 Å². The highest BCUT2D eigenvalue weighted by molar-refractivity contribution is 5.94. The first-order chi connectivity index (χ1) is 11.1. The highest BCUT2D eigenvalue weighted by atomic mass is 16.5. The lowest BCUT2D eigenvalue weighted by Crippen LogP contribution is -2.28. The molecule has 0 spiro atoms. The van der Waals surface area contributed by atoms with Gasteiger partial charge in [-0.15, -0.1) is 0 Å². The van der Waals surface area contributed by atoms with Crippen LogP contribution >= 0.6 is 0 Å². The first-order valence-corrected chi connectivity index (χ1v) is 7.83. The normalized spacial score (nSPS) is 11.8. The Kier molecular flexibility index (Phi) is 6.18. The summed E-state index contributed by atoms with van der Waals surface area (Å²) in [6.07, 6.45) is 1.32. The molecule has 0 saturated heterocycles. The van der Waals surface area contributed by atoms with Gasteiger partial charge in [-0.1, -0.05) is 37.6 Å². The molecule has 0 aromatic heterocycles. The molecule has 2 rings (SSSR count). The molecular weight excluding hydrogens is 290 g/mol. The maximum absolute atomic E-state index is 12.1. The van der Waals surface area contributed by atoms with Gasteiger partial charge in [0.05, 0.1) is 13.2 Å². The van der Waals surface area contributed by atoms with Crippen LogP contribution in [0.25, 0.3) is 0 Å². The third-order valence-corrected chi connectivity index (χ3v) is 3.69. The largest absolute Gasteiger partial charge is 0.497 e. The van der Waals surface area contributed by atoms with Gasteiger partial charge in [0.25, 0.3) is 5.91 Å². The van der Waals surface area contributed by atoms with E-state index in [2.05, 4.69) is 12.2 Å². The summed E-state index contributed by atoms with van der Waals surface area (Å²) in [6.45, 7) is 2.28. The number of aryl methyl sites for hydroxylation is 1. The van der Waals surface area contributed by atoms with Crippen LogP contribution in [0, 0.1) is 0 Å². The zero-order valence-electron chi connectivity index (χ0n) is 13.6. The van der Waals surface area contributed by atoms with Crippen LogP contribution in [0.3, 0.4) is 0 Å². The molecule has 0 fully saturated rings. The summed E-state index contributed by atoms with van der Waals surface area (Å²) < 4.78 is 5.13. The van der Waals surface area contributed by atoms with E-state index in [1.54, 1.807) is 19.2 Å². The Bertz CT molecular complexity index is 637. The third kappa shape index (κ3) is 4.83. The fourth-order valence-electron chi connectivity index (χ4n) is 2.37. The second kappa shape index (κ2) is 8.34. The molecule has 2 N–H and O–H groups in total. The summed E-state index contributed by atoms with van der Waals surface area (Å²) >= 11 is 0. The van der Waals surface area contributed by atoms with Crippen LogP contribution in [0.4, 0.5) is 0 Å². The monoisotopic (exact) mass is 313 g/mol. The van der Waals surface area contributed by atoms with Crippen molar-refractivity contribution in [1.82, 2.24) is 5.32 Å². The molecule has 0 heterocycles. The Morgan fingerprint density at radius 1 is 1.22 bits per heavy atom. The molecule has 0 aliphatic heterocycles. The number of nitrogens with one attached hydrogen (secondary N) is 1. The van der Waals surface area contributed by atoms with E-state index in [4.69, 9.17) is 4.74 Å². The Balaban J connectivity index is 1.92. The standard InChI is InChI=1S/C19H23NO3/c1-3-5-14-8-10-15(11-9-14)19(22)20-13-18(21)16-6-4-7-17(12-16)23-2/h4,6-12,18,21H,3,5,13H2,1-2H3,(H,20,22). The number of aliphatic hydroxyl groups is 1. The van der Waals surface area contributed by atoms with Gasteiger partial charge < -0.3 is 15.2 Å². The van der Waals surface area contributed by atoms with Gasteiger partial charge in [-0.05, 0) is 41.8 Å². The number of hydrogen-bond donors (Lipinski definition) is 2. The van der Waals surface area contributed by atoms with Gasteiger partial charge in [-0.2, -0.15) is 0 Å². The Labute approximate surface area is 137 Å². The molecule has 1 unspecified atom stereocenters. The maximum Gasteiger partial charge on any atom is 0.251 e. The fraction of sp³-hybridized carbons (Fsp3) is 0.316. The van der Waals surface area contributed by atoms with E-state index in [9.17, 15) is 9.90 Å². The molecule has 1 amide bonds. The van der Waals surface area contributed by atoms with Gasteiger partial charge in [-0.25, -0.2) is 0 Å². The van der Waals surface area contributed by atoms with E-state index in [-0.39, 0.29) is 12.5 Å². The summed E-state index contributed by atoms with van der Waals surface area (Å²) in [5.74, 6) is 0.495. The number of benzene rings is 2. The molecule has 23 heavy (non-hydrogen) atoms. The first kappa shape index (κ1) is 17.0. The average molecular weight is 313 g/mol. The Morgan fingerprint density at radius 2 is 1.96 bits per heavy atom. The SMILES string of the molecule is CCCc1ccc(C(=O)NCC(O)c2cccc(OC)c2)cc1. The van der Waals surface area contributed by atoms with Gasteiger partial charge in [-0.3, -0.25) is 4.79 Å². The van der Waals surface area contributed by atoms with Crippen LogP contribution in [-0.2, 0) is 6.42 Å². The van der Waals surface area contributed by atoms with E-state index in [0.29, 0.717) is 16.9 Å². The Morgan fingerprint density at radius 3 is 2.61 bits per heavy atom. The van der Waals surface area contributed by atoms with Gasteiger partial charge in [0.2, 0.25) is 0 Å². The van der Waals surface area contributed by atoms with Crippen molar-refractivity contribution in [3.05, 3.63) is 65.2 Å². The second-order valence-electron chi connectivity index (χ2n) is 5.45. The molecule has 0 radical (unpaired) electrons. The fourth-order valence-corrected chi connectivity index (χ4v) is 2.37. The molecule has 122 valence electrons. The lowest BCUT2D eigenvalue weighted by atomic mass is 10.1. The molecule has 0 saturated carbocycles. The summed E-state index contributed by atoms with van der Waals surface area (Å²) in [5.41, 5.74) is 2.53. The van der Waals surface area contributed by atoms with Crippen molar-refractivity contribution in [2.45, 2.75) is 25.9 Å². The quantitative estimate of drug-likeness (QED) is 0.826. The number of ether oxygens (including phenoxy) is 1. The number of aliphatic hydroxyl groups excluding tert-OH is 1. The minimum absolute atomic E-state index is 0.155. The lowest BCUT2D eigenvalue weighted by Gasteiger charge is -2.13. The van der Waals surface area contributed by atoms with Crippen LogP contribution in [0.1, 0.15) is 40.9 Å². The maximum atomic E-state index is 12.1. The third-order valence-electron chi connectivity index (χ3n) is 3.69. The number of carbonyl (C=O) groups is 1. The molecular formula is C19H23NO3. The van der Waals surface area contributed by atoms with Crippen molar-refractivity contribution in [3.63, 3.8) is 0 Å². The van der Waals surface area contributed by atoms with E-state index in [0.717, 1.165) is 12.8 Å². The number of amides is 1. The smallest absolute Gasteiger partial charge is 0.251 e. The molecule has 1 atom stereocenters. The predicted molar refractivity (Wildman–Crippen MR) is 90.7 cm³/mol. The molecule has 0 bridgehead atoms. The predicted octanol–water partition coefficient (Wildman–Crippen LogP) is 3.11. The molecule has 2 aromatic carbocycles. The number of rotatable bonds is 7. The number of carbonyl (C=O) groups excluding carboxylic acids is 1. The lowest BCUT2D eigenvalue weighted by molar-refractivity contribution is 0.0916. The first-order valence-electron chi connectivity index (χ1n) is 7.83. The number of hydrogen-bond acceptors (Lipinski definition) is 3. The summed E-state index contributed by atoms with van der Waals surface area (Å²) in [4.78, 5) is 12.1. The molecule has 0 aliphatic carbocycles. The average Bonchev–Trinajstić information content (AvgIpc) is 2.60. The highest BCUT2D eigenvalue weighted by Gasteiger charge is 2.11. The van der Waals surface area contributed by atoms with Crippen molar-refractivity contribution < 1.29 is 14.6 Å². The molecule has 4 heteroatoms.